The van der Waals surface area contributed by atoms with E-state index in [1.807, 2.05) is 19.9 Å². The lowest BCUT2D eigenvalue weighted by Gasteiger charge is -2.42. The molecule has 2 unspecified atom stereocenters. The van der Waals surface area contributed by atoms with Crippen molar-refractivity contribution in [2.45, 2.75) is 38.5 Å². The van der Waals surface area contributed by atoms with E-state index in [9.17, 15) is 5.11 Å². The molecule has 1 aromatic rings. The molecule has 0 aromatic heterocycles. The van der Waals surface area contributed by atoms with Crippen molar-refractivity contribution in [2.24, 2.45) is 11.7 Å². The van der Waals surface area contributed by atoms with Gasteiger partial charge in [-0.3, -0.25) is 4.90 Å². The molecule has 3 nitrogen and oxygen atoms in total. The molecule has 1 aliphatic rings. The molecular formula is C15H24N2O. The minimum absolute atomic E-state index is 0.0578. The molecule has 0 spiro atoms. The van der Waals surface area contributed by atoms with Crippen molar-refractivity contribution >= 4 is 0 Å². The third-order valence-corrected chi connectivity index (χ3v) is 3.90. The Morgan fingerprint density at radius 1 is 1.33 bits per heavy atom. The van der Waals surface area contributed by atoms with E-state index < -0.39 is 5.60 Å². The van der Waals surface area contributed by atoms with Crippen LogP contribution in [0.4, 0.5) is 0 Å². The minimum Gasteiger partial charge on any atom is -0.390 e. The summed E-state index contributed by atoms with van der Waals surface area (Å²) in [6, 6.07) is 10.5. The number of piperidine rings is 1. The minimum atomic E-state index is -0.668. The maximum absolute atomic E-state index is 10.1. The van der Waals surface area contributed by atoms with Gasteiger partial charge in [-0.15, -0.1) is 0 Å². The predicted octanol–water partition coefficient (Wildman–Crippen LogP) is 1.61. The van der Waals surface area contributed by atoms with Crippen LogP contribution in [0.5, 0.6) is 0 Å². The summed E-state index contributed by atoms with van der Waals surface area (Å²) in [5.74, 6) is 0.199. The Bertz CT molecular complexity index is 372. The van der Waals surface area contributed by atoms with E-state index in [0.717, 1.165) is 26.1 Å². The van der Waals surface area contributed by atoms with Gasteiger partial charge in [0.2, 0.25) is 0 Å². The Labute approximate surface area is 110 Å². The van der Waals surface area contributed by atoms with E-state index in [4.69, 9.17) is 5.73 Å². The molecule has 1 heterocycles. The van der Waals surface area contributed by atoms with Gasteiger partial charge in [0.1, 0.15) is 0 Å². The molecule has 3 N–H and O–H groups in total. The lowest BCUT2D eigenvalue weighted by Crippen LogP contribution is -2.54. The number of likely N-dealkylation sites (tertiary alicyclic amines) is 1. The van der Waals surface area contributed by atoms with Gasteiger partial charge in [0.25, 0.3) is 0 Å². The van der Waals surface area contributed by atoms with Crippen LogP contribution >= 0.6 is 0 Å². The van der Waals surface area contributed by atoms with Crippen LogP contribution in [0.3, 0.4) is 0 Å². The first-order valence-electron chi connectivity index (χ1n) is 6.71. The van der Waals surface area contributed by atoms with E-state index in [-0.39, 0.29) is 12.0 Å². The van der Waals surface area contributed by atoms with Gasteiger partial charge in [0.05, 0.1) is 5.60 Å². The van der Waals surface area contributed by atoms with Crippen LogP contribution in [0.1, 0.15) is 25.8 Å². The first-order valence-corrected chi connectivity index (χ1v) is 6.71. The molecule has 0 aliphatic carbocycles. The van der Waals surface area contributed by atoms with Crippen molar-refractivity contribution in [3.8, 4) is 0 Å². The molecule has 1 aromatic carbocycles. The first-order chi connectivity index (χ1) is 8.47. The van der Waals surface area contributed by atoms with Gasteiger partial charge >= 0.3 is 0 Å². The second-order valence-corrected chi connectivity index (χ2v) is 5.93. The van der Waals surface area contributed by atoms with E-state index in [1.54, 1.807) is 0 Å². The zero-order chi connectivity index (χ0) is 13.2. The Morgan fingerprint density at radius 2 is 2.00 bits per heavy atom. The summed E-state index contributed by atoms with van der Waals surface area (Å²) in [6.45, 7) is 6.56. The molecule has 1 aliphatic heterocycles. The van der Waals surface area contributed by atoms with Crippen molar-refractivity contribution in [3.63, 3.8) is 0 Å². The Balaban J connectivity index is 1.93. The second kappa shape index (κ2) is 5.39. The quantitative estimate of drug-likeness (QED) is 0.854. The van der Waals surface area contributed by atoms with Crippen molar-refractivity contribution in [1.82, 2.24) is 4.90 Å². The van der Waals surface area contributed by atoms with Crippen LogP contribution in [0.25, 0.3) is 0 Å². The van der Waals surface area contributed by atoms with Gasteiger partial charge in [-0.2, -0.15) is 0 Å². The van der Waals surface area contributed by atoms with Gasteiger partial charge < -0.3 is 10.8 Å². The third kappa shape index (κ3) is 3.31. The van der Waals surface area contributed by atoms with E-state index in [1.165, 1.54) is 5.56 Å². The third-order valence-electron chi connectivity index (χ3n) is 3.90. The lowest BCUT2D eigenvalue weighted by atomic mass is 9.80. The van der Waals surface area contributed by atoms with E-state index >= 15 is 0 Å². The molecule has 18 heavy (non-hydrogen) atoms. The fourth-order valence-electron chi connectivity index (χ4n) is 2.91. The van der Waals surface area contributed by atoms with E-state index in [2.05, 4.69) is 29.2 Å². The van der Waals surface area contributed by atoms with Crippen LogP contribution in [-0.2, 0) is 6.54 Å². The van der Waals surface area contributed by atoms with Gasteiger partial charge in [-0.1, -0.05) is 30.3 Å². The van der Waals surface area contributed by atoms with Crippen LogP contribution in [0.15, 0.2) is 30.3 Å². The van der Waals surface area contributed by atoms with Crippen molar-refractivity contribution in [3.05, 3.63) is 35.9 Å². The molecule has 2 atom stereocenters. The topological polar surface area (TPSA) is 49.5 Å². The van der Waals surface area contributed by atoms with Crippen molar-refractivity contribution < 1.29 is 5.11 Å². The van der Waals surface area contributed by atoms with E-state index in [0.29, 0.717) is 0 Å². The van der Waals surface area contributed by atoms with Gasteiger partial charge in [0, 0.05) is 25.0 Å². The fraction of sp³-hybridized carbons (Fsp3) is 0.600. The van der Waals surface area contributed by atoms with Crippen molar-refractivity contribution in [1.29, 1.82) is 0 Å². The van der Waals surface area contributed by atoms with Crippen LogP contribution in [0.2, 0.25) is 0 Å². The zero-order valence-corrected chi connectivity index (χ0v) is 11.3. The average Bonchev–Trinajstić information content (AvgIpc) is 2.28. The van der Waals surface area contributed by atoms with Gasteiger partial charge in [0.15, 0.2) is 0 Å². The van der Waals surface area contributed by atoms with Crippen LogP contribution < -0.4 is 5.73 Å². The lowest BCUT2D eigenvalue weighted by molar-refractivity contribution is -0.0239. The second-order valence-electron chi connectivity index (χ2n) is 5.93. The fourth-order valence-corrected chi connectivity index (χ4v) is 2.91. The number of benzene rings is 1. The molecular weight excluding hydrogens is 224 g/mol. The smallest absolute Gasteiger partial charge is 0.0635 e. The first kappa shape index (κ1) is 13.5. The monoisotopic (exact) mass is 248 g/mol. The predicted molar refractivity (Wildman–Crippen MR) is 74.1 cm³/mol. The molecule has 0 radical (unpaired) electrons. The normalized spacial score (nSPS) is 26.2. The SMILES string of the molecule is CC(C)(O)C1CCN(Cc2ccccc2)CC1N. The average molecular weight is 248 g/mol. The summed E-state index contributed by atoms with van der Waals surface area (Å²) in [4.78, 5) is 2.38. The summed E-state index contributed by atoms with van der Waals surface area (Å²) in [5.41, 5.74) is 6.86. The van der Waals surface area contributed by atoms with Gasteiger partial charge in [-0.05, 0) is 32.4 Å². The summed E-state index contributed by atoms with van der Waals surface area (Å²) in [7, 11) is 0. The highest BCUT2D eigenvalue weighted by Crippen LogP contribution is 2.27. The molecule has 0 bridgehead atoms. The Kier molecular flexibility index (Phi) is 4.05. The number of hydrogen-bond acceptors (Lipinski definition) is 3. The molecule has 0 amide bonds. The highest BCUT2D eigenvalue weighted by atomic mass is 16.3. The highest BCUT2D eigenvalue weighted by molar-refractivity contribution is 5.14. The number of rotatable bonds is 3. The Morgan fingerprint density at radius 3 is 2.56 bits per heavy atom. The number of nitrogens with two attached hydrogens (primary N) is 1. The van der Waals surface area contributed by atoms with Gasteiger partial charge in [-0.25, -0.2) is 0 Å². The Hall–Kier alpha value is -0.900. The standard InChI is InChI=1S/C15H24N2O/c1-15(2,18)13-8-9-17(11-14(13)16)10-12-6-4-3-5-7-12/h3-7,13-14,18H,8-11,16H2,1-2H3. The summed E-state index contributed by atoms with van der Waals surface area (Å²) >= 11 is 0. The molecule has 0 saturated carbocycles. The largest absolute Gasteiger partial charge is 0.390 e. The molecule has 1 fully saturated rings. The maximum Gasteiger partial charge on any atom is 0.0635 e. The molecule has 1 saturated heterocycles. The molecule has 3 heteroatoms. The maximum atomic E-state index is 10.1. The zero-order valence-electron chi connectivity index (χ0n) is 11.3. The summed E-state index contributed by atoms with van der Waals surface area (Å²) in [6.07, 6.45) is 0.970. The number of nitrogens with zero attached hydrogens (tertiary/aromatic N) is 1. The van der Waals surface area contributed by atoms with Crippen molar-refractivity contribution in [2.75, 3.05) is 13.1 Å². The van der Waals surface area contributed by atoms with Crippen LogP contribution in [0, 0.1) is 5.92 Å². The summed E-state index contributed by atoms with van der Waals surface area (Å²) in [5, 5.41) is 10.1. The summed E-state index contributed by atoms with van der Waals surface area (Å²) < 4.78 is 0. The number of hydrogen-bond donors (Lipinski definition) is 2. The molecule has 100 valence electrons. The number of aliphatic hydroxyl groups is 1. The van der Waals surface area contributed by atoms with Crippen LogP contribution in [-0.4, -0.2) is 34.7 Å². The molecule has 2 rings (SSSR count). The highest BCUT2D eigenvalue weighted by Gasteiger charge is 2.36.